The van der Waals surface area contributed by atoms with Crippen molar-refractivity contribution in [2.75, 3.05) is 17.2 Å². The number of hydrogen-bond acceptors (Lipinski definition) is 4. The van der Waals surface area contributed by atoms with E-state index in [-0.39, 0.29) is 5.91 Å². The van der Waals surface area contributed by atoms with Gasteiger partial charge < -0.3 is 10.6 Å². The molecule has 0 atom stereocenters. The van der Waals surface area contributed by atoms with Crippen LogP contribution in [-0.2, 0) is 0 Å². The van der Waals surface area contributed by atoms with Gasteiger partial charge in [0.15, 0.2) is 0 Å². The van der Waals surface area contributed by atoms with Gasteiger partial charge in [-0.25, -0.2) is 0 Å². The third kappa shape index (κ3) is 3.80. The normalized spacial score (nSPS) is 9.71. The van der Waals surface area contributed by atoms with E-state index in [9.17, 15) is 4.79 Å². The second kappa shape index (κ2) is 7.06. The number of rotatable bonds is 5. The van der Waals surface area contributed by atoms with Crippen molar-refractivity contribution in [3.63, 3.8) is 0 Å². The fourth-order valence-electron chi connectivity index (χ4n) is 1.81. The monoisotopic (exact) mass is 280 g/mol. The summed E-state index contributed by atoms with van der Waals surface area (Å²) in [5, 5.41) is 14.9. The lowest BCUT2D eigenvalue weighted by atomic mass is 10.2. The quantitative estimate of drug-likeness (QED) is 0.882. The highest BCUT2D eigenvalue weighted by atomic mass is 16.1. The minimum atomic E-state index is -0.335. The molecule has 0 radical (unpaired) electrons. The molecule has 5 nitrogen and oxygen atoms in total. The lowest BCUT2D eigenvalue weighted by Gasteiger charge is -2.08. The molecule has 0 aliphatic carbocycles. The number of hydrogen-bond donors (Lipinski definition) is 2. The Morgan fingerprint density at radius 3 is 2.90 bits per heavy atom. The molecule has 2 aromatic rings. The summed E-state index contributed by atoms with van der Waals surface area (Å²) >= 11 is 0. The average molecular weight is 280 g/mol. The van der Waals surface area contributed by atoms with Gasteiger partial charge in [0.25, 0.3) is 5.91 Å². The fourth-order valence-corrected chi connectivity index (χ4v) is 1.81. The summed E-state index contributed by atoms with van der Waals surface area (Å²) in [6, 6.07) is 12.4. The summed E-state index contributed by atoms with van der Waals surface area (Å²) in [7, 11) is 0. The number of carbonyl (C=O) groups excluding carboxylic acids is 1. The summed E-state index contributed by atoms with van der Waals surface area (Å²) in [5.74, 6) is -0.335. The molecule has 106 valence electrons. The van der Waals surface area contributed by atoms with E-state index in [2.05, 4.69) is 22.5 Å². The Kier molecular flexibility index (Phi) is 4.89. The van der Waals surface area contributed by atoms with Gasteiger partial charge in [0.2, 0.25) is 0 Å². The van der Waals surface area contributed by atoms with Crippen molar-refractivity contribution in [3.05, 3.63) is 53.9 Å². The Balaban J connectivity index is 2.15. The van der Waals surface area contributed by atoms with Crippen molar-refractivity contribution < 1.29 is 4.79 Å². The van der Waals surface area contributed by atoms with Crippen molar-refractivity contribution in [1.82, 2.24) is 4.98 Å². The number of nitrogens with one attached hydrogen (secondary N) is 2. The van der Waals surface area contributed by atoms with E-state index in [1.165, 1.54) is 0 Å². The molecule has 0 aliphatic heterocycles. The summed E-state index contributed by atoms with van der Waals surface area (Å²) in [6.45, 7) is 2.91. The second-order valence-electron chi connectivity index (χ2n) is 4.47. The van der Waals surface area contributed by atoms with Crippen molar-refractivity contribution >= 4 is 17.3 Å². The molecule has 0 saturated carbocycles. The van der Waals surface area contributed by atoms with Crippen LogP contribution in [0.3, 0.4) is 0 Å². The van der Waals surface area contributed by atoms with Gasteiger partial charge in [0.1, 0.15) is 11.8 Å². The minimum Gasteiger partial charge on any atom is -0.385 e. The number of amides is 1. The van der Waals surface area contributed by atoms with Gasteiger partial charge in [-0.2, -0.15) is 5.26 Å². The Morgan fingerprint density at radius 2 is 2.14 bits per heavy atom. The van der Waals surface area contributed by atoms with Gasteiger partial charge in [-0.15, -0.1) is 0 Å². The summed E-state index contributed by atoms with van der Waals surface area (Å²) < 4.78 is 0. The molecule has 2 rings (SSSR count). The number of carbonyl (C=O) groups is 1. The topological polar surface area (TPSA) is 77.8 Å². The molecule has 1 aromatic heterocycles. The molecule has 5 heteroatoms. The predicted molar refractivity (Wildman–Crippen MR) is 82.1 cm³/mol. The Bertz CT molecular complexity index is 676. The van der Waals surface area contributed by atoms with Crippen LogP contribution < -0.4 is 10.6 Å². The first kappa shape index (κ1) is 14.5. The van der Waals surface area contributed by atoms with Crippen molar-refractivity contribution in [2.45, 2.75) is 13.3 Å². The molecule has 0 saturated heterocycles. The first-order valence-electron chi connectivity index (χ1n) is 6.75. The summed E-state index contributed by atoms with van der Waals surface area (Å²) in [5.41, 5.74) is 2.07. The van der Waals surface area contributed by atoms with E-state index >= 15 is 0 Å². The first-order valence-corrected chi connectivity index (χ1v) is 6.75. The van der Waals surface area contributed by atoms with Crippen LogP contribution >= 0.6 is 0 Å². The van der Waals surface area contributed by atoms with Crippen LogP contribution in [0.1, 0.15) is 29.4 Å². The number of aromatic nitrogens is 1. The van der Waals surface area contributed by atoms with Crippen molar-refractivity contribution in [3.8, 4) is 6.07 Å². The third-order valence-corrected chi connectivity index (χ3v) is 2.87. The molecule has 1 aromatic carbocycles. The summed E-state index contributed by atoms with van der Waals surface area (Å²) in [6.07, 6.45) is 2.59. The van der Waals surface area contributed by atoms with Gasteiger partial charge in [0.05, 0.1) is 11.3 Å². The van der Waals surface area contributed by atoms with Crippen LogP contribution in [0.4, 0.5) is 11.4 Å². The largest absolute Gasteiger partial charge is 0.385 e. The number of pyridine rings is 1. The summed E-state index contributed by atoms with van der Waals surface area (Å²) in [4.78, 5) is 16.3. The van der Waals surface area contributed by atoms with E-state index in [0.29, 0.717) is 16.9 Å². The average Bonchev–Trinajstić information content (AvgIpc) is 2.53. The molecule has 0 spiro atoms. The minimum absolute atomic E-state index is 0.309. The number of para-hydroxylation sites is 1. The Morgan fingerprint density at radius 1 is 1.33 bits per heavy atom. The lowest BCUT2D eigenvalue weighted by Crippen LogP contribution is -2.15. The van der Waals surface area contributed by atoms with Gasteiger partial charge in [-0.05, 0) is 30.7 Å². The van der Waals surface area contributed by atoms with Crippen LogP contribution in [0, 0.1) is 11.3 Å². The van der Waals surface area contributed by atoms with E-state index < -0.39 is 0 Å². The smallest absolute Gasteiger partial charge is 0.274 e. The van der Waals surface area contributed by atoms with Crippen LogP contribution in [0.25, 0.3) is 0 Å². The molecule has 21 heavy (non-hydrogen) atoms. The fraction of sp³-hybridized carbons (Fsp3) is 0.188. The number of nitriles is 1. The zero-order valence-corrected chi connectivity index (χ0v) is 11.8. The maximum absolute atomic E-state index is 12.2. The van der Waals surface area contributed by atoms with Gasteiger partial charge >= 0.3 is 0 Å². The number of benzene rings is 1. The van der Waals surface area contributed by atoms with Gasteiger partial charge in [-0.1, -0.05) is 19.1 Å². The molecule has 0 aliphatic rings. The van der Waals surface area contributed by atoms with E-state index in [4.69, 9.17) is 5.26 Å². The molecule has 0 bridgehead atoms. The van der Waals surface area contributed by atoms with Crippen LogP contribution in [0.15, 0.2) is 42.6 Å². The van der Waals surface area contributed by atoms with Gasteiger partial charge in [0, 0.05) is 18.4 Å². The Hall–Kier alpha value is -2.87. The molecule has 0 unspecified atom stereocenters. The molecule has 1 amide bonds. The molecule has 0 fully saturated rings. The third-order valence-electron chi connectivity index (χ3n) is 2.87. The highest BCUT2D eigenvalue weighted by Gasteiger charge is 2.10. The van der Waals surface area contributed by atoms with Crippen LogP contribution in [0.2, 0.25) is 0 Å². The zero-order chi connectivity index (χ0) is 15.1. The maximum Gasteiger partial charge on any atom is 0.274 e. The number of anilines is 2. The van der Waals surface area contributed by atoms with Crippen LogP contribution in [-0.4, -0.2) is 17.4 Å². The second-order valence-corrected chi connectivity index (χ2v) is 4.47. The van der Waals surface area contributed by atoms with Gasteiger partial charge in [-0.3, -0.25) is 9.78 Å². The molecule has 2 N–H and O–H groups in total. The van der Waals surface area contributed by atoms with E-state index in [1.54, 1.807) is 36.5 Å². The zero-order valence-electron chi connectivity index (χ0n) is 11.8. The molecular weight excluding hydrogens is 264 g/mol. The highest BCUT2D eigenvalue weighted by molar-refractivity contribution is 6.04. The molecular formula is C16H16N4O. The Labute approximate surface area is 123 Å². The predicted octanol–water partition coefficient (Wildman–Crippen LogP) is 3.03. The SMILES string of the molecule is CCCNc1ccnc(C(=O)Nc2ccccc2C#N)c1. The molecule has 1 heterocycles. The van der Waals surface area contributed by atoms with E-state index in [0.717, 1.165) is 18.7 Å². The lowest BCUT2D eigenvalue weighted by molar-refractivity contribution is 0.102. The van der Waals surface area contributed by atoms with Crippen molar-refractivity contribution in [1.29, 1.82) is 5.26 Å². The number of nitrogens with zero attached hydrogens (tertiary/aromatic N) is 2. The van der Waals surface area contributed by atoms with Crippen molar-refractivity contribution in [2.24, 2.45) is 0 Å². The van der Waals surface area contributed by atoms with Crippen LogP contribution in [0.5, 0.6) is 0 Å². The standard InChI is InChI=1S/C16H16N4O/c1-2-8-18-13-7-9-19-15(10-13)16(21)20-14-6-4-3-5-12(14)11-17/h3-7,9-10H,2,8H2,1H3,(H,18,19)(H,20,21). The van der Waals surface area contributed by atoms with E-state index in [1.807, 2.05) is 12.1 Å². The highest BCUT2D eigenvalue weighted by Crippen LogP contribution is 2.15. The maximum atomic E-state index is 12.2. The first-order chi connectivity index (χ1) is 10.2.